The number of carboxylic acids is 1. The lowest BCUT2D eigenvalue weighted by Crippen LogP contribution is -2.16. The van der Waals surface area contributed by atoms with Crippen molar-refractivity contribution < 1.29 is 43.9 Å². The van der Waals surface area contributed by atoms with E-state index in [1.165, 1.54) is 7.11 Å². The molecule has 0 spiro atoms. The van der Waals surface area contributed by atoms with Crippen molar-refractivity contribution in [3.05, 3.63) is 58.9 Å². The molecule has 3 atom stereocenters. The van der Waals surface area contributed by atoms with E-state index in [0.29, 0.717) is 38.0 Å². The minimum Gasteiger partial charge on any atom is -0.481 e. The van der Waals surface area contributed by atoms with Crippen LogP contribution in [0.4, 0.5) is 0 Å². The minimum atomic E-state index is -1.09. The van der Waals surface area contributed by atoms with Crippen LogP contribution in [0.5, 0.6) is 0 Å². The Labute approximate surface area is 224 Å². The number of aliphatic hydroxyl groups is 2. The van der Waals surface area contributed by atoms with E-state index in [2.05, 4.69) is 4.74 Å². The zero-order chi connectivity index (χ0) is 27.9. The van der Waals surface area contributed by atoms with Crippen LogP contribution in [-0.2, 0) is 41.6 Å². The van der Waals surface area contributed by atoms with Crippen LogP contribution in [0.15, 0.2) is 47.7 Å². The molecule has 0 heterocycles. The van der Waals surface area contributed by atoms with Crippen LogP contribution in [0.2, 0.25) is 0 Å². The Morgan fingerprint density at radius 2 is 1.76 bits per heavy atom. The first-order valence-corrected chi connectivity index (χ1v) is 13.1. The third-order valence-corrected chi connectivity index (χ3v) is 6.44. The van der Waals surface area contributed by atoms with Crippen LogP contribution in [0.3, 0.4) is 0 Å². The van der Waals surface area contributed by atoms with Gasteiger partial charge in [0.2, 0.25) is 0 Å². The van der Waals surface area contributed by atoms with Gasteiger partial charge in [-0.1, -0.05) is 49.3 Å². The van der Waals surface area contributed by atoms with Gasteiger partial charge in [-0.15, -0.1) is 0 Å². The molecule has 210 valence electrons. The Kier molecular flexibility index (Phi) is 13.8. The molecule has 0 saturated heterocycles. The maximum absolute atomic E-state index is 12.2. The topological polar surface area (TPSA) is 140 Å². The number of carbonyl (C=O) groups excluding carboxylic acids is 2. The van der Waals surface area contributed by atoms with E-state index < -0.39 is 30.1 Å². The van der Waals surface area contributed by atoms with Gasteiger partial charge in [0, 0.05) is 32.3 Å². The van der Waals surface area contributed by atoms with E-state index in [9.17, 15) is 24.6 Å². The summed E-state index contributed by atoms with van der Waals surface area (Å²) < 4.78 is 15.3. The summed E-state index contributed by atoms with van der Waals surface area (Å²) in [4.78, 5) is 34.3. The lowest BCUT2D eigenvalue weighted by atomic mass is 9.93. The molecular formula is C29H40O9. The van der Waals surface area contributed by atoms with Crippen molar-refractivity contribution in [1.82, 2.24) is 0 Å². The molecule has 0 amide bonds. The van der Waals surface area contributed by atoms with E-state index in [0.717, 1.165) is 36.0 Å². The van der Waals surface area contributed by atoms with Crippen molar-refractivity contribution >= 4 is 17.9 Å². The Morgan fingerprint density at radius 1 is 1.03 bits per heavy atom. The van der Waals surface area contributed by atoms with Gasteiger partial charge in [-0.3, -0.25) is 14.4 Å². The fourth-order valence-corrected chi connectivity index (χ4v) is 4.53. The lowest BCUT2D eigenvalue weighted by Gasteiger charge is -2.16. The summed E-state index contributed by atoms with van der Waals surface area (Å²) >= 11 is 0. The fraction of sp³-hybridized carbons (Fsp3) is 0.552. The number of hydrogen-bond acceptors (Lipinski definition) is 8. The van der Waals surface area contributed by atoms with Gasteiger partial charge < -0.3 is 29.5 Å². The molecule has 0 radical (unpaired) electrons. The van der Waals surface area contributed by atoms with Crippen LogP contribution >= 0.6 is 0 Å². The van der Waals surface area contributed by atoms with Crippen molar-refractivity contribution in [2.75, 3.05) is 14.2 Å². The molecular weight excluding hydrogens is 492 g/mol. The number of rotatable bonds is 17. The highest BCUT2D eigenvalue weighted by molar-refractivity contribution is 5.77. The molecule has 1 aliphatic carbocycles. The molecule has 0 aromatic heterocycles. The summed E-state index contributed by atoms with van der Waals surface area (Å²) in [6, 6.07) is 7.78. The highest BCUT2D eigenvalue weighted by Crippen LogP contribution is 2.37. The van der Waals surface area contributed by atoms with Gasteiger partial charge in [-0.2, -0.15) is 0 Å². The minimum absolute atomic E-state index is 0.140. The van der Waals surface area contributed by atoms with Crippen LogP contribution in [-0.4, -0.2) is 59.7 Å². The first-order valence-electron chi connectivity index (χ1n) is 13.1. The zero-order valence-corrected chi connectivity index (χ0v) is 22.3. The summed E-state index contributed by atoms with van der Waals surface area (Å²) in [5.41, 5.74) is 2.75. The smallest absolute Gasteiger partial charge is 0.311 e. The van der Waals surface area contributed by atoms with E-state index in [4.69, 9.17) is 14.6 Å². The average molecular weight is 533 g/mol. The van der Waals surface area contributed by atoms with E-state index in [1.807, 2.05) is 24.3 Å². The van der Waals surface area contributed by atoms with Crippen LogP contribution in [0.1, 0.15) is 68.9 Å². The number of benzene rings is 1. The monoisotopic (exact) mass is 532 g/mol. The van der Waals surface area contributed by atoms with Crippen LogP contribution < -0.4 is 0 Å². The average Bonchev–Trinajstić information content (AvgIpc) is 3.17. The van der Waals surface area contributed by atoms with Gasteiger partial charge in [0.1, 0.15) is 5.76 Å². The van der Waals surface area contributed by atoms with Gasteiger partial charge in [-0.25, -0.2) is 0 Å². The standard InChI is InChI=1S/C29H40O9/c1-36-19-21-9-7-8-20(16-21)17-22(30)12-13-23-24(10-5-3-4-6-11-28(34)37-2)26(18-25(23)31)38-29(35)15-14-27(32)33/h7-9,12-13,16,22-23,25,30-31H,3-6,10-11,14-15,17-19H2,1-2H3,(H,32,33)/b13-12+/t22-,23-,25-/m1/s1. The summed E-state index contributed by atoms with van der Waals surface area (Å²) in [7, 11) is 2.99. The van der Waals surface area contributed by atoms with Crippen molar-refractivity contribution in [1.29, 1.82) is 0 Å². The first kappa shape index (κ1) is 31.2. The number of carboxylic acid groups (broad SMARTS) is 1. The summed E-state index contributed by atoms with van der Waals surface area (Å²) in [6.45, 7) is 0.485. The lowest BCUT2D eigenvalue weighted by molar-refractivity contribution is -0.145. The number of aliphatic hydroxyl groups excluding tert-OH is 2. The largest absolute Gasteiger partial charge is 0.481 e. The number of methoxy groups -OCH3 is 2. The number of unbranched alkanes of at least 4 members (excludes halogenated alkanes) is 3. The molecule has 2 rings (SSSR count). The molecule has 1 aromatic rings. The maximum Gasteiger partial charge on any atom is 0.311 e. The molecule has 38 heavy (non-hydrogen) atoms. The third kappa shape index (κ3) is 11.2. The maximum atomic E-state index is 12.2. The van der Waals surface area contributed by atoms with Crippen molar-refractivity contribution in [2.45, 2.75) is 83.0 Å². The molecule has 3 N–H and O–H groups in total. The molecule has 0 unspecified atom stereocenters. The molecule has 9 nitrogen and oxygen atoms in total. The molecule has 9 heteroatoms. The van der Waals surface area contributed by atoms with E-state index in [1.54, 1.807) is 19.3 Å². The summed E-state index contributed by atoms with van der Waals surface area (Å²) in [5.74, 6) is -2.03. The quantitative estimate of drug-likeness (QED) is 0.155. The third-order valence-electron chi connectivity index (χ3n) is 6.44. The van der Waals surface area contributed by atoms with Gasteiger partial charge in [-0.05, 0) is 36.0 Å². The van der Waals surface area contributed by atoms with Crippen molar-refractivity contribution in [3.8, 4) is 0 Å². The Morgan fingerprint density at radius 3 is 2.47 bits per heavy atom. The van der Waals surface area contributed by atoms with Crippen LogP contribution in [0.25, 0.3) is 0 Å². The molecule has 0 bridgehead atoms. The summed E-state index contributed by atoms with van der Waals surface area (Å²) in [6.07, 6.45) is 5.86. The number of aliphatic carboxylic acids is 1. The Hall–Kier alpha value is -3.01. The van der Waals surface area contributed by atoms with Gasteiger partial charge in [0.25, 0.3) is 0 Å². The second-order valence-corrected chi connectivity index (χ2v) is 9.51. The fourth-order valence-electron chi connectivity index (χ4n) is 4.53. The molecule has 1 aliphatic rings. The second-order valence-electron chi connectivity index (χ2n) is 9.51. The zero-order valence-electron chi connectivity index (χ0n) is 22.3. The highest BCUT2D eigenvalue weighted by Gasteiger charge is 2.34. The van der Waals surface area contributed by atoms with Crippen molar-refractivity contribution in [2.24, 2.45) is 5.92 Å². The first-order chi connectivity index (χ1) is 18.2. The predicted octanol–water partition coefficient (Wildman–Crippen LogP) is 3.85. The van der Waals surface area contributed by atoms with Gasteiger partial charge in [0.05, 0.1) is 38.8 Å². The summed E-state index contributed by atoms with van der Waals surface area (Å²) in [5, 5.41) is 30.2. The predicted molar refractivity (Wildman–Crippen MR) is 140 cm³/mol. The highest BCUT2D eigenvalue weighted by atomic mass is 16.5. The molecule has 0 aliphatic heterocycles. The molecule has 0 saturated carbocycles. The number of carbonyl (C=O) groups is 3. The Bertz CT molecular complexity index is 982. The van der Waals surface area contributed by atoms with E-state index in [-0.39, 0.29) is 25.2 Å². The number of esters is 2. The normalized spacial score (nSPS) is 18.1. The van der Waals surface area contributed by atoms with Crippen LogP contribution in [0, 0.1) is 5.92 Å². The number of ether oxygens (including phenoxy) is 3. The van der Waals surface area contributed by atoms with E-state index >= 15 is 0 Å². The van der Waals surface area contributed by atoms with Gasteiger partial charge in [0.15, 0.2) is 0 Å². The molecule has 1 aromatic carbocycles. The second kappa shape index (κ2) is 16.8. The Balaban J connectivity index is 2.06. The van der Waals surface area contributed by atoms with Crippen molar-refractivity contribution in [3.63, 3.8) is 0 Å². The SMILES string of the molecule is COCc1cccc(C[C@H](O)/C=C/[C@@H]2C(CCCCCCC(=O)OC)=C(OC(=O)CCC(=O)O)C[C@H]2O)c1. The van der Waals surface area contributed by atoms with Gasteiger partial charge >= 0.3 is 17.9 Å². The molecule has 0 fully saturated rings. The number of hydrogen-bond donors (Lipinski definition) is 3.